The number of nitro groups is 1. The number of benzene rings is 1. The topological polar surface area (TPSA) is 58.4 Å². The van der Waals surface area contributed by atoms with E-state index in [2.05, 4.69) is 24.1 Å². The van der Waals surface area contributed by atoms with Gasteiger partial charge in [-0.3, -0.25) is 15.0 Å². The molecule has 108 valence electrons. The summed E-state index contributed by atoms with van der Waals surface area (Å²) in [5.74, 6) is 1.50. The van der Waals surface area contributed by atoms with Crippen LogP contribution in [0.5, 0.6) is 0 Å². The van der Waals surface area contributed by atoms with Crippen LogP contribution < -0.4 is 5.32 Å². The van der Waals surface area contributed by atoms with Crippen molar-refractivity contribution in [1.82, 2.24) is 10.2 Å². The largest absolute Gasteiger partial charge is 0.316 e. The highest BCUT2D eigenvalue weighted by molar-refractivity contribution is 5.34. The fourth-order valence-electron chi connectivity index (χ4n) is 3.78. The number of fused-ring (bicyclic) bond motifs is 1. The summed E-state index contributed by atoms with van der Waals surface area (Å²) in [5.41, 5.74) is 1.33. The SMILES string of the molecule is CC(c1ccc([N+](=O)[O-])cc1)N1CC2CNCC2C1C. The highest BCUT2D eigenvalue weighted by Gasteiger charge is 2.43. The molecule has 4 atom stereocenters. The van der Waals surface area contributed by atoms with Crippen LogP contribution in [0, 0.1) is 22.0 Å². The van der Waals surface area contributed by atoms with Crippen molar-refractivity contribution < 1.29 is 4.92 Å². The van der Waals surface area contributed by atoms with Crippen LogP contribution in [0.25, 0.3) is 0 Å². The van der Waals surface area contributed by atoms with Crippen molar-refractivity contribution in [3.8, 4) is 0 Å². The van der Waals surface area contributed by atoms with Gasteiger partial charge < -0.3 is 5.32 Å². The third kappa shape index (κ3) is 2.21. The molecule has 0 aromatic heterocycles. The summed E-state index contributed by atoms with van der Waals surface area (Å²) >= 11 is 0. The van der Waals surface area contributed by atoms with E-state index in [1.165, 1.54) is 0 Å². The molecule has 1 N–H and O–H groups in total. The molecule has 5 nitrogen and oxygen atoms in total. The van der Waals surface area contributed by atoms with E-state index in [9.17, 15) is 10.1 Å². The second-order valence-electron chi connectivity index (χ2n) is 6.04. The Morgan fingerprint density at radius 2 is 2.05 bits per heavy atom. The molecule has 0 radical (unpaired) electrons. The molecule has 2 fully saturated rings. The summed E-state index contributed by atoms with van der Waals surface area (Å²) in [5, 5.41) is 14.2. The Morgan fingerprint density at radius 3 is 2.65 bits per heavy atom. The summed E-state index contributed by atoms with van der Waals surface area (Å²) in [7, 11) is 0. The van der Waals surface area contributed by atoms with Gasteiger partial charge in [-0.25, -0.2) is 0 Å². The molecule has 0 bridgehead atoms. The number of non-ortho nitro benzene ring substituents is 1. The van der Waals surface area contributed by atoms with E-state index in [0.717, 1.165) is 37.0 Å². The lowest BCUT2D eigenvalue weighted by Crippen LogP contribution is -2.35. The Balaban J connectivity index is 1.75. The van der Waals surface area contributed by atoms with Crippen molar-refractivity contribution in [2.24, 2.45) is 11.8 Å². The molecule has 5 heteroatoms. The zero-order valence-electron chi connectivity index (χ0n) is 12.0. The van der Waals surface area contributed by atoms with Gasteiger partial charge in [0.1, 0.15) is 0 Å². The lowest BCUT2D eigenvalue weighted by Gasteiger charge is -2.30. The highest BCUT2D eigenvalue weighted by atomic mass is 16.6. The smallest absolute Gasteiger partial charge is 0.269 e. The van der Waals surface area contributed by atoms with E-state index in [1.807, 2.05) is 12.1 Å². The maximum absolute atomic E-state index is 10.7. The Hall–Kier alpha value is -1.46. The second-order valence-corrected chi connectivity index (χ2v) is 6.04. The van der Waals surface area contributed by atoms with Gasteiger partial charge in [0.2, 0.25) is 0 Å². The highest BCUT2D eigenvalue weighted by Crippen LogP contribution is 2.37. The zero-order valence-corrected chi connectivity index (χ0v) is 12.0. The number of hydrogen-bond donors (Lipinski definition) is 1. The van der Waals surface area contributed by atoms with Gasteiger partial charge in [-0.05, 0) is 44.3 Å². The van der Waals surface area contributed by atoms with Crippen LogP contribution in [0.1, 0.15) is 25.5 Å². The van der Waals surface area contributed by atoms with E-state index >= 15 is 0 Å². The maximum atomic E-state index is 10.7. The molecule has 4 unspecified atom stereocenters. The summed E-state index contributed by atoms with van der Waals surface area (Å²) < 4.78 is 0. The molecule has 0 spiro atoms. The maximum Gasteiger partial charge on any atom is 0.269 e. The predicted molar refractivity (Wildman–Crippen MR) is 77.5 cm³/mol. The molecule has 2 aliphatic heterocycles. The van der Waals surface area contributed by atoms with E-state index in [-0.39, 0.29) is 10.6 Å². The quantitative estimate of drug-likeness (QED) is 0.678. The molecular formula is C15H21N3O2. The van der Waals surface area contributed by atoms with Gasteiger partial charge in [0.25, 0.3) is 5.69 Å². The van der Waals surface area contributed by atoms with Crippen LogP contribution >= 0.6 is 0 Å². The van der Waals surface area contributed by atoms with E-state index in [0.29, 0.717) is 12.1 Å². The summed E-state index contributed by atoms with van der Waals surface area (Å²) in [4.78, 5) is 12.9. The van der Waals surface area contributed by atoms with E-state index in [4.69, 9.17) is 0 Å². The van der Waals surface area contributed by atoms with Crippen LogP contribution in [0.15, 0.2) is 24.3 Å². The van der Waals surface area contributed by atoms with Crippen LogP contribution in [-0.4, -0.2) is 35.5 Å². The van der Waals surface area contributed by atoms with Crippen molar-refractivity contribution in [1.29, 1.82) is 0 Å². The summed E-state index contributed by atoms with van der Waals surface area (Å²) in [6, 6.07) is 7.88. The minimum absolute atomic E-state index is 0.163. The van der Waals surface area contributed by atoms with Gasteiger partial charge in [0, 0.05) is 30.8 Å². The monoisotopic (exact) mass is 275 g/mol. The first-order chi connectivity index (χ1) is 9.58. The molecule has 2 saturated heterocycles. The Bertz CT molecular complexity index is 502. The van der Waals surface area contributed by atoms with Crippen LogP contribution in [0.3, 0.4) is 0 Å². The first-order valence-corrected chi connectivity index (χ1v) is 7.28. The normalized spacial score (nSPS) is 31.2. The molecule has 2 aliphatic rings. The summed E-state index contributed by atoms with van der Waals surface area (Å²) in [6.07, 6.45) is 0. The van der Waals surface area contributed by atoms with Crippen molar-refractivity contribution >= 4 is 5.69 Å². The van der Waals surface area contributed by atoms with Crippen LogP contribution in [0.2, 0.25) is 0 Å². The molecular weight excluding hydrogens is 254 g/mol. The summed E-state index contributed by atoms with van der Waals surface area (Å²) in [6.45, 7) is 7.87. The van der Waals surface area contributed by atoms with E-state index < -0.39 is 0 Å². The van der Waals surface area contributed by atoms with Crippen molar-refractivity contribution in [2.75, 3.05) is 19.6 Å². The molecule has 1 aromatic rings. The molecule has 0 aliphatic carbocycles. The minimum atomic E-state index is -0.344. The fraction of sp³-hybridized carbons (Fsp3) is 0.600. The number of likely N-dealkylation sites (tertiary alicyclic amines) is 1. The van der Waals surface area contributed by atoms with Crippen molar-refractivity contribution in [3.05, 3.63) is 39.9 Å². The first-order valence-electron chi connectivity index (χ1n) is 7.28. The van der Waals surface area contributed by atoms with Gasteiger partial charge in [0.05, 0.1) is 4.92 Å². The zero-order chi connectivity index (χ0) is 14.3. The van der Waals surface area contributed by atoms with Gasteiger partial charge >= 0.3 is 0 Å². The number of hydrogen-bond acceptors (Lipinski definition) is 4. The fourth-order valence-corrected chi connectivity index (χ4v) is 3.78. The molecule has 0 amide bonds. The van der Waals surface area contributed by atoms with Crippen molar-refractivity contribution in [2.45, 2.75) is 25.9 Å². The minimum Gasteiger partial charge on any atom is -0.316 e. The van der Waals surface area contributed by atoms with Crippen molar-refractivity contribution in [3.63, 3.8) is 0 Å². The number of nitrogens with one attached hydrogen (secondary N) is 1. The Labute approximate surface area is 119 Å². The standard InChI is InChI=1S/C15H21N3O2/c1-10(12-3-5-14(6-4-12)18(19)20)17-9-13-7-16-8-15(13)11(17)2/h3-6,10-11,13,15-16H,7-9H2,1-2H3. The predicted octanol–water partition coefficient (Wildman–Crippen LogP) is 2.20. The van der Waals surface area contributed by atoms with Gasteiger partial charge in [-0.2, -0.15) is 0 Å². The van der Waals surface area contributed by atoms with Gasteiger partial charge in [0.15, 0.2) is 0 Å². The Kier molecular flexibility index (Phi) is 3.48. The van der Waals surface area contributed by atoms with E-state index in [1.54, 1.807) is 12.1 Å². The lowest BCUT2D eigenvalue weighted by atomic mass is 9.95. The molecule has 0 saturated carbocycles. The van der Waals surface area contributed by atoms with Gasteiger partial charge in [-0.15, -0.1) is 0 Å². The third-order valence-electron chi connectivity index (χ3n) is 5.06. The molecule has 20 heavy (non-hydrogen) atoms. The molecule has 1 aromatic carbocycles. The third-order valence-corrected chi connectivity index (χ3v) is 5.06. The number of nitro benzene ring substituents is 1. The molecule has 3 rings (SSSR count). The van der Waals surface area contributed by atoms with Crippen LogP contribution in [0.4, 0.5) is 5.69 Å². The van der Waals surface area contributed by atoms with Gasteiger partial charge in [-0.1, -0.05) is 12.1 Å². The average molecular weight is 275 g/mol. The average Bonchev–Trinajstić information content (AvgIpc) is 3.02. The molecule has 2 heterocycles. The number of nitrogens with zero attached hydrogens (tertiary/aromatic N) is 2. The lowest BCUT2D eigenvalue weighted by molar-refractivity contribution is -0.384. The second kappa shape index (κ2) is 5.14. The first kappa shape index (κ1) is 13.5. The Morgan fingerprint density at radius 1 is 1.35 bits per heavy atom. The number of rotatable bonds is 3. The van der Waals surface area contributed by atoms with Crippen LogP contribution in [-0.2, 0) is 0 Å².